The zero-order valence-corrected chi connectivity index (χ0v) is 16.5. The minimum atomic E-state index is -0.742. The van der Waals surface area contributed by atoms with Crippen LogP contribution in [0.15, 0.2) is 18.2 Å². The number of likely N-dealkylation sites (N-methyl/N-ethyl adjacent to an activating group) is 1. The van der Waals surface area contributed by atoms with E-state index in [0.29, 0.717) is 5.69 Å². The van der Waals surface area contributed by atoms with E-state index < -0.39 is 11.7 Å². The highest BCUT2D eigenvalue weighted by atomic mass is 19.1. The van der Waals surface area contributed by atoms with E-state index in [1.165, 1.54) is 0 Å². The molecule has 0 spiro atoms. The number of aryl methyl sites for hydroxylation is 2. The average molecular weight is 386 g/mol. The average Bonchev–Trinajstić information content (AvgIpc) is 2.63. The first-order valence-electron chi connectivity index (χ1n) is 9.54. The highest BCUT2D eigenvalue weighted by molar-refractivity contribution is 5.98. The van der Waals surface area contributed by atoms with E-state index in [1.807, 2.05) is 33.0 Å². The van der Waals surface area contributed by atoms with E-state index >= 15 is 0 Å². The van der Waals surface area contributed by atoms with Crippen molar-refractivity contribution in [3.05, 3.63) is 41.0 Å². The number of carbonyl (C=O) groups is 1. The summed E-state index contributed by atoms with van der Waals surface area (Å²) in [6, 6.07) is 5.10. The van der Waals surface area contributed by atoms with Gasteiger partial charge in [-0.2, -0.15) is 0 Å². The highest BCUT2D eigenvalue weighted by Crippen LogP contribution is 2.27. The summed E-state index contributed by atoms with van der Waals surface area (Å²) in [6.07, 6.45) is 4.18. The molecule has 3 rings (SSSR count). The van der Waals surface area contributed by atoms with Crippen LogP contribution in [-0.2, 0) is 0 Å². The fourth-order valence-corrected chi connectivity index (χ4v) is 3.74. The molecule has 1 amide bonds. The van der Waals surface area contributed by atoms with Gasteiger partial charge in [-0.3, -0.25) is 9.78 Å². The molecule has 1 aliphatic rings. The standard InChI is InChI=1S/C20H27FN6O/c1-11-8-13(9-12(2)24-11)25-19-14(18(22)28)10-15(21)20(27-19)26-17-7-5-4-6-16(17)23-3/h8-10,16-17,23H,4-7H2,1-3H3,(H2,22,28)(H2,24,25,26,27)/t16-,17+/m0/s1. The molecule has 0 saturated heterocycles. The highest BCUT2D eigenvalue weighted by Gasteiger charge is 2.26. The first-order valence-corrected chi connectivity index (χ1v) is 9.54. The molecule has 2 heterocycles. The number of nitrogens with one attached hydrogen (secondary N) is 3. The summed E-state index contributed by atoms with van der Waals surface area (Å²) in [5.41, 5.74) is 7.81. The summed E-state index contributed by atoms with van der Waals surface area (Å²) in [5.74, 6) is -1.00. The van der Waals surface area contributed by atoms with Crippen LogP contribution < -0.4 is 21.7 Å². The van der Waals surface area contributed by atoms with Crippen LogP contribution in [0.2, 0.25) is 0 Å². The molecule has 5 N–H and O–H groups in total. The van der Waals surface area contributed by atoms with Crippen molar-refractivity contribution in [2.24, 2.45) is 5.73 Å². The van der Waals surface area contributed by atoms with E-state index in [0.717, 1.165) is 43.1 Å². The van der Waals surface area contributed by atoms with Crippen molar-refractivity contribution < 1.29 is 9.18 Å². The summed E-state index contributed by atoms with van der Waals surface area (Å²) in [5, 5.41) is 9.58. The number of carbonyl (C=O) groups excluding carboxylic acids is 1. The second-order valence-corrected chi connectivity index (χ2v) is 7.27. The number of nitrogens with two attached hydrogens (primary N) is 1. The molecule has 0 unspecified atom stereocenters. The Hall–Kier alpha value is -2.74. The zero-order valence-electron chi connectivity index (χ0n) is 16.5. The van der Waals surface area contributed by atoms with Gasteiger partial charge in [-0.1, -0.05) is 12.8 Å². The number of hydrogen-bond donors (Lipinski definition) is 4. The topological polar surface area (TPSA) is 105 Å². The minimum absolute atomic E-state index is 0.00368. The van der Waals surface area contributed by atoms with Crippen LogP contribution in [0.5, 0.6) is 0 Å². The Morgan fingerprint density at radius 1 is 1.07 bits per heavy atom. The molecule has 0 radical (unpaired) electrons. The molecule has 0 aromatic carbocycles. The second kappa shape index (κ2) is 8.52. The lowest BCUT2D eigenvalue weighted by molar-refractivity contribution is 0.100. The van der Waals surface area contributed by atoms with Gasteiger partial charge in [0, 0.05) is 29.2 Å². The van der Waals surface area contributed by atoms with Crippen LogP contribution in [-0.4, -0.2) is 35.0 Å². The molecule has 1 aliphatic carbocycles. The molecule has 150 valence electrons. The molecule has 1 saturated carbocycles. The molecule has 7 nitrogen and oxygen atoms in total. The Bertz CT molecular complexity index is 852. The Balaban J connectivity index is 1.93. The first-order chi connectivity index (χ1) is 13.4. The molecule has 0 aliphatic heterocycles. The van der Waals surface area contributed by atoms with Crippen molar-refractivity contribution in [1.29, 1.82) is 0 Å². The number of nitrogens with zero attached hydrogens (tertiary/aromatic N) is 2. The van der Waals surface area contributed by atoms with Crippen LogP contribution in [0.4, 0.5) is 21.7 Å². The van der Waals surface area contributed by atoms with Gasteiger partial charge < -0.3 is 21.7 Å². The predicted molar refractivity (Wildman–Crippen MR) is 108 cm³/mol. The van der Waals surface area contributed by atoms with E-state index in [1.54, 1.807) is 0 Å². The van der Waals surface area contributed by atoms with Gasteiger partial charge in [0.25, 0.3) is 5.91 Å². The third kappa shape index (κ3) is 4.56. The SMILES string of the molecule is CN[C@H]1CCCC[C@H]1Nc1nc(Nc2cc(C)nc(C)c2)c(C(N)=O)cc1F. The fraction of sp³-hybridized carbons (Fsp3) is 0.450. The molecular formula is C20H27FN6O. The predicted octanol–water partition coefficient (Wildman–Crippen LogP) is 3.02. The lowest BCUT2D eigenvalue weighted by Crippen LogP contribution is -2.45. The van der Waals surface area contributed by atoms with Gasteiger partial charge in [0.05, 0.1) is 5.56 Å². The van der Waals surface area contributed by atoms with Crippen molar-refractivity contribution in [3.8, 4) is 0 Å². The lowest BCUT2D eigenvalue weighted by atomic mass is 9.90. The third-order valence-corrected chi connectivity index (χ3v) is 5.04. The van der Waals surface area contributed by atoms with Gasteiger partial charge in [0.2, 0.25) is 0 Å². The molecule has 28 heavy (non-hydrogen) atoms. The Kier molecular flexibility index (Phi) is 6.08. The third-order valence-electron chi connectivity index (χ3n) is 5.04. The summed E-state index contributed by atoms with van der Waals surface area (Å²) < 4.78 is 14.7. The van der Waals surface area contributed by atoms with Crippen molar-refractivity contribution >= 4 is 23.2 Å². The monoisotopic (exact) mass is 386 g/mol. The number of halogens is 1. The van der Waals surface area contributed by atoms with Crippen LogP contribution in [0.3, 0.4) is 0 Å². The smallest absolute Gasteiger partial charge is 0.252 e. The largest absolute Gasteiger partial charge is 0.365 e. The maximum absolute atomic E-state index is 14.7. The van der Waals surface area contributed by atoms with E-state index in [4.69, 9.17) is 5.73 Å². The number of pyridine rings is 2. The van der Waals surface area contributed by atoms with Crippen LogP contribution >= 0.6 is 0 Å². The Morgan fingerprint density at radius 2 is 1.71 bits per heavy atom. The van der Waals surface area contributed by atoms with Crippen molar-refractivity contribution in [2.45, 2.75) is 51.6 Å². The summed E-state index contributed by atoms with van der Waals surface area (Å²) >= 11 is 0. The van der Waals surface area contributed by atoms with E-state index in [-0.39, 0.29) is 29.3 Å². The number of amides is 1. The molecule has 1 fully saturated rings. The molecule has 0 bridgehead atoms. The second-order valence-electron chi connectivity index (χ2n) is 7.27. The maximum atomic E-state index is 14.7. The van der Waals surface area contributed by atoms with E-state index in [2.05, 4.69) is 25.9 Å². The van der Waals surface area contributed by atoms with Crippen molar-refractivity contribution in [3.63, 3.8) is 0 Å². The lowest BCUT2D eigenvalue weighted by Gasteiger charge is -2.32. The molecule has 2 aromatic heterocycles. The van der Waals surface area contributed by atoms with Crippen LogP contribution in [0.1, 0.15) is 47.4 Å². The summed E-state index contributed by atoms with van der Waals surface area (Å²) in [4.78, 5) is 20.5. The summed E-state index contributed by atoms with van der Waals surface area (Å²) in [6.45, 7) is 3.75. The first kappa shape index (κ1) is 20.0. The zero-order chi connectivity index (χ0) is 20.3. The minimum Gasteiger partial charge on any atom is -0.365 e. The normalized spacial score (nSPS) is 19.3. The molecular weight excluding hydrogens is 359 g/mol. The summed E-state index contributed by atoms with van der Waals surface area (Å²) in [7, 11) is 1.91. The van der Waals surface area contributed by atoms with Gasteiger partial charge in [-0.25, -0.2) is 9.37 Å². The number of rotatable bonds is 6. The van der Waals surface area contributed by atoms with Crippen LogP contribution in [0.25, 0.3) is 0 Å². The Morgan fingerprint density at radius 3 is 2.32 bits per heavy atom. The molecule has 2 atom stereocenters. The van der Waals surface area contributed by atoms with Crippen molar-refractivity contribution in [2.75, 3.05) is 17.7 Å². The maximum Gasteiger partial charge on any atom is 0.252 e. The van der Waals surface area contributed by atoms with Crippen molar-refractivity contribution in [1.82, 2.24) is 15.3 Å². The fourth-order valence-electron chi connectivity index (χ4n) is 3.74. The number of primary amides is 1. The number of anilines is 3. The number of aromatic nitrogens is 2. The van der Waals surface area contributed by atoms with Gasteiger partial charge in [0.15, 0.2) is 11.6 Å². The Labute approximate surface area is 164 Å². The molecule has 2 aromatic rings. The van der Waals surface area contributed by atoms with Gasteiger partial charge in [-0.05, 0) is 51.9 Å². The van der Waals surface area contributed by atoms with E-state index in [9.17, 15) is 9.18 Å². The molecule has 8 heteroatoms. The van der Waals surface area contributed by atoms with Gasteiger partial charge >= 0.3 is 0 Å². The van der Waals surface area contributed by atoms with Crippen LogP contribution in [0, 0.1) is 19.7 Å². The number of hydrogen-bond acceptors (Lipinski definition) is 6. The van der Waals surface area contributed by atoms with Gasteiger partial charge in [-0.15, -0.1) is 0 Å². The van der Waals surface area contributed by atoms with Gasteiger partial charge in [0.1, 0.15) is 5.82 Å². The quantitative estimate of drug-likeness (QED) is 0.608.